The maximum absolute atomic E-state index is 9.77. The van der Waals surface area contributed by atoms with E-state index >= 15 is 0 Å². The van der Waals surface area contributed by atoms with Crippen molar-refractivity contribution in [2.45, 2.75) is 31.9 Å². The molecule has 0 aromatic rings. The summed E-state index contributed by atoms with van der Waals surface area (Å²) in [6.07, 6.45) is 6.33. The minimum Gasteiger partial charge on any atom is -0.389 e. The largest absolute Gasteiger partial charge is 0.389 e. The molecule has 1 aliphatic carbocycles. The first-order valence-electron chi connectivity index (χ1n) is 6.97. The average Bonchev–Trinajstić information content (AvgIpc) is 2.30. The lowest BCUT2D eigenvalue weighted by atomic mass is 9.85. The minimum atomic E-state index is -0.417. The van der Waals surface area contributed by atoms with E-state index in [0.717, 1.165) is 32.7 Å². The van der Waals surface area contributed by atoms with Crippen molar-refractivity contribution in [3.8, 4) is 0 Å². The predicted octanol–water partition coefficient (Wildman–Crippen LogP) is 0.955. The van der Waals surface area contributed by atoms with Crippen LogP contribution < -0.4 is 5.32 Å². The molecule has 0 bridgehead atoms. The zero-order valence-corrected chi connectivity index (χ0v) is 11.2. The van der Waals surface area contributed by atoms with Gasteiger partial charge in [-0.25, -0.2) is 0 Å². The van der Waals surface area contributed by atoms with Crippen LogP contribution in [0.3, 0.4) is 0 Å². The zero-order chi connectivity index (χ0) is 12.8. The third-order valence-corrected chi connectivity index (χ3v) is 3.84. The number of ether oxygens (including phenoxy) is 2. The zero-order valence-electron chi connectivity index (χ0n) is 11.2. The number of allylic oxidation sites excluding steroid dienone is 2. The lowest BCUT2D eigenvalue weighted by Gasteiger charge is -2.28. The van der Waals surface area contributed by atoms with Gasteiger partial charge in [0.15, 0.2) is 0 Å². The third-order valence-electron chi connectivity index (χ3n) is 3.84. The highest BCUT2D eigenvalue weighted by Gasteiger charge is 2.20. The Morgan fingerprint density at radius 1 is 1.39 bits per heavy atom. The van der Waals surface area contributed by atoms with Gasteiger partial charge in [0.25, 0.3) is 0 Å². The quantitative estimate of drug-likeness (QED) is 0.665. The Balaban J connectivity index is 1.52. The molecule has 0 aromatic carbocycles. The third kappa shape index (κ3) is 4.35. The average molecular weight is 255 g/mol. The summed E-state index contributed by atoms with van der Waals surface area (Å²) in [5.41, 5.74) is 0. The molecule has 1 fully saturated rings. The van der Waals surface area contributed by atoms with Gasteiger partial charge in [-0.1, -0.05) is 19.1 Å². The van der Waals surface area contributed by atoms with Crippen molar-refractivity contribution >= 4 is 0 Å². The van der Waals surface area contributed by atoms with Crippen molar-refractivity contribution in [2.75, 3.05) is 33.0 Å². The molecule has 104 valence electrons. The van der Waals surface area contributed by atoms with Crippen LogP contribution in [0.2, 0.25) is 0 Å². The maximum atomic E-state index is 9.77. The molecular weight excluding hydrogens is 230 g/mol. The lowest BCUT2D eigenvalue weighted by molar-refractivity contribution is -0.0208. The van der Waals surface area contributed by atoms with Crippen LogP contribution in [0.25, 0.3) is 0 Å². The highest BCUT2D eigenvalue weighted by Crippen LogP contribution is 2.24. The van der Waals surface area contributed by atoms with Crippen molar-refractivity contribution in [3.63, 3.8) is 0 Å². The highest BCUT2D eigenvalue weighted by atomic mass is 16.5. The fourth-order valence-electron chi connectivity index (χ4n) is 2.31. The van der Waals surface area contributed by atoms with Gasteiger partial charge in [-0.3, -0.25) is 0 Å². The number of nitrogens with one attached hydrogen (secondary N) is 1. The Morgan fingerprint density at radius 2 is 2.17 bits per heavy atom. The lowest BCUT2D eigenvalue weighted by Crippen LogP contribution is -2.49. The summed E-state index contributed by atoms with van der Waals surface area (Å²) in [5, 5.41) is 13.0. The molecular formula is C14H25NO3. The standard InChI is InChI=1S/C14H25NO3/c1-11-4-2-3-5-12(11)7-17-10-14(16)6-15-13-8-18-9-13/h2-3,11-16H,4-10H2,1H3. The first-order valence-corrected chi connectivity index (χ1v) is 6.97. The SMILES string of the molecule is CC1CC=CCC1COCC(O)CNC1COC1. The van der Waals surface area contributed by atoms with Gasteiger partial charge in [-0.05, 0) is 24.7 Å². The van der Waals surface area contributed by atoms with Crippen LogP contribution in [-0.4, -0.2) is 50.2 Å². The van der Waals surface area contributed by atoms with E-state index in [1.807, 2.05) is 0 Å². The van der Waals surface area contributed by atoms with Crippen LogP contribution in [-0.2, 0) is 9.47 Å². The molecule has 0 amide bonds. The summed E-state index contributed by atoms with van der Waals surface area (Å²) < 4.78 is 10.7. The van der Waals surface area contributed by atoms with Gasteiger partial charge in [0.1, 0.15) is 0 Å². The predicted molar refractivity (Wildman–Crippen MR) is 70.5 cm³/mol. The van der Waals surface area contributed by atoms with Crippen LogP contribution in [0.5, 0.6) is 0 Å². The number of rotatable bonds is 7. The summed E-state index contributed by atoms with van der Waals surface area (Å²) in [7, 11) is 0. The first kappa shape index (κ1) is 14.0. The van der Waals surface area contributed by atoms with Gasteiger partial charge >= 0.3 is 0 Å². The molecule has 4 heteroatoms. The van der Waals surface area contributed by atoms with Crippen LogP contribution in [0.1, 0.15) is 19.8 Å². The van der Waals surface area contributed by atoms with E-state index in [-0.39, 0.29) is 0 Å². The molecule has 3 unspecified atom stereocenters. The fourth-order valence-corrected chi connectivity index (χ4v) is 2.31. The van der Waals surface area contributed by atoms with E-state index in [1.54, 1.807) is 0 Å². The topological polar surface area (TPSA) is 50.7 Å². The maximum Gasteiger partial charge on any atom is 0.0897 e. The van der Waals surface area contributed by atoms with E-state index in [9.17, 15) is 5.11 Å². The number of hydrogen-bond donors (Lipinski definition) is 2. The van der Waals surface area contributed by atoms with Crippen LogP contribution >= 0.6 is 0 Å². The van der Waals surface area contributed by atoms with E-state index in [0.29, 0.717) is 31.0 Å². The molecule has 2 rings (SSSR count). The Labute approximate surface area is 109 Å². The van der Waals surface area contributed by atoms with Gasteiger partial charge < -0.3 is 19.9 Å². The normalized spacial score (nSPS) is 30.1. The summed E-state index contributed by atoms with van der Waals surface area (Å²) in [4.78, 5) is 0. The molecule has 2 aliphatic rings. The van der Waals surface area contributed by atoms with Crippen molar-refractivity contribution in [3.05, 3.63) is 12.2 Å². The number of hydrogen-bond acceptors (Lipinski definition) is 4. The van der Waals surface area contributed by atoms with E-state index in [2.05, 4.69) is 24.4 Å². The highest BCUT2D eigenvalue weighted by molar-refractivity contribution is 4.93. The molecule has 0 radical (unpaired) electrons. The monoisotopic (exact) mass is 255 g/mol. The molecule has 18 heavy (non-hydrogen) atoms. The Hall–Kier alpha value is -0.420. The molecule has 1 saturated heterocycles. The molecule has 0 spiro atoms. The second-order valence-corrected chi connectivity index (χ2v) is 5.51. The second kappa shape index (κ2) is 7.24. The van der Waals surface area contributed by atoms with Crippen molar-refractivity contribution in [1.29, 1.82) is 0 Å². The molecule has 1 heterocycles. The van der Waals surface area contributed by atoms with Gasteiger partial charge in [0.05, 0.1) is 38.6 Å². The molecule has 4 nitrogen and oxygen atoms in total. The summed E-state index contributed by atoms with van der Waals surface area (Å²) in [6.45, 7) is 5.57. The molecule has 1 aliphatic heterocycles. The van der Waals surface area contributed by atoms with E-state index in [1.165, 1.54) is 0 Å². The summed E-state index contributed by atoms with van der Waals surface area (Å²) in [6, 6.07) is 0.420. The smallest absolute Gasteiger partial charge is 0.0897 e. The second-order valence-electron chi connectivity index (χ2n) is 5.51. The Morgan fingerprint density at radius 3 is 2.83 bits per heavy atom. The first-order chi connectivity index (χ1) is 8.75. The molecule has 0 saturated carbocycles. The molecule has 3 atom stereocenters. The van der Waals surface area contributed by atoms with Crippen molar-refractivity contribution in [1.82, 2.24) is 5.32 Å². The Kier molecular flexibility index (Phi) is 5.63. The number of aliphatic hydroxyl groups is 1. The van der Waals surface area contributed by atoms with Gasteiger partial charge in [0, 0.05) is 6.54 Å². The van der Waals surface area contributed by atoms with Gasteiger partial charge in [-0.15, -0.1) is 0 Å². The fraction of sp³-hybridized carbons (Fsp3) is 0.857. The number of aliphatic hydroxyl groups excluding tert-OH is 1. The molecule has 0 aromatic heterocycles. The van der Waals surface area contributed by atoms with Gasteiger partial charge in [0.2, 0.25) is 0 Å². The van der Waals surface area contributed by atoms with E-state index in [4.69, 9.17) is 9.47 Å². The van der Waals surface area contributed by atoms with Gasteiger partial charge in [-0.2, -0.15) is 0 Å². The molecule has 2 N–H and O–H groups in total. The minimum absolute atomic E-state index is 0.417. The Bertz CT molecular complexity index is 266. The van der Waals surface area contributed by atoms with Crippen LogP contribution in [0, 0.1) is 11.8 Å². The summed E-state index contributed by atoms with van der Waals surface area (Å²) in [5.74, 6) is 1.30. The van der Waals surface area contributed by atoms with Crippen molar-refractivity contribution in [2.24, 2.45) is 11.8 Å². The van der Waals surface area contributed by atoms with Crippen LogP contribution in [0.4, 0.5) is 0 Å². The summed E-state index contributed by atoms with van der Waals surface area (Å²) >= 11 is 0. The van der Waals surface area contributed by atoms with Crippen molar-refractivity contribution < 1.29 is 14.6 Å². The van der Waals surface area contributed by atoms with E-state index < -0.39 is 6.10 Å². The van der Waals surface area contributed by atoms with Crippen LogP contribution in [0.15, 0.2) is 12.2 Å².